The highest BCUT2D eigenvalue weighted by atomic mass is 16.6. The van der Waals surface area contributed by atoms with Crippen molar-refractivity contribution in [2.45, 2.75) is 309 Å². The standard InChI is InChI=1S/C77H126O6/c1-4-7-10-13-16-19-22-25-27-29-31-33-35-36-37-38-39-40-42-43-45-47-49-52-55-58-61-64-67-70-76(79)82-73-74(72-81-75(78)69-66-63-60-57-54-51-24-21-18-15-12-9-6-3)83-77(80)71-68-65-62-59-56-53-50-48-46-44-41-34-32-30-28-26-23-20-17-14-11-8-5-2/h7,10,16,19,23,25-27,30-33,36-37,39-41,43-45,49,52,58,61,74H,4-6,8-9,11-15,17-18,20-22,24,28-29,34-35,38,42,46-48,50-51,53-57,59-60,62-73H2,1-3H3/b10-7-,19-16-,26-23-,27-25-,32-30-,33-31-,37-36-,40-39-,44-41-,45-43-,52-49-,61-58-. The number of esters is 3. The molecule has 0 amide bonds. The Balaban J connectivity index is 4.45. The van der Waals surface area contributed by atoms with Gasteiger partial charge in [-0.15, -0.1) is 0 Å². The maximum absolute atomic E-state index is 12.9. The molecule has 0 aliphatic carbocycles. The van der Waals surface area contributed by atoms with E-state index in [1.54, 1.807) is 0 Å². The quantitative estimate of drug-likeness (QED) is 0.0261. The number of hydrogen-bond donors (Lipinski definition) is 0. The molecule has 0 saturated carbocycles. The van der Waals surface area contributed by atoms with E-state index in [9.17, 15) is 14.4 Å². The number of allylic oxidation sites excluding steroid dienone is 24. The number of rotatable bonds is 61. The van der Waals surface area contributed by atoms with E-state index in [0.717, 1.165) is 122 Å². The molecule has 0 aliphatic rings. The lowest BCUT2D eigenvalue weighted by Crippen LogP contribution is -2.30. The van der Waals surface area contributed by atoms with E-state index in [2.05, 4.69) is 167 Å². The van der Waals surface area contributed by atoms with E-state index in [0.29, 0.717) is 19.3 Å². The van der Waals surface area contributed by atoms with Crippen LogP contribution in [0.4, 0.5) is 0 Å². The maximum atomic E-state index is 12.9. The van der Waals surface area contributed by atoms with Gasteiger partial charge in [0, 0.05) is 19.3 Å². The number of carbonyl (C=O) groups is 3. The van der Waals surface area contributed by atoms with E-state index in [1.165, 1.54) is 135 Å². The molecule has 0 spiro atoms. The Labute approximate surface area is 512 Å². The lowest BCUT2D eigenvalue weighted by molar-refractivity contribution is -0.167. The molecule has 0 aromatic carbocycles. The first-order valence-electron chi connectivity index (χ1n) is 34.3. The van der Waals surface area contributed by atoms with Crippen LogP contribution in [0.15, 0.2) is 146 Å². The molecule has 1 unspecified atom stereocenters. The summed E-state index contributed by atoms with van der Waals surface area (Å²) in [5.74, 6) is -0.967. The average Bonchev–Trinajstić information content (AvgIpc) is 3.49. The summed E-state index contributed by atoms with van der Waals surface area (Å²) in [6, 6.07) is 0. The molecule has 0 fully saturated rings. The molecule has 0 bridgehead atoms. The highest BCUT2D eigenvalue weighted by molar-refractivity contribution is 5.71. The Morgan fingerprint density at radius 2 is 0.482 bits per heavy atom. The molecule has 0 aromatic rings. The molecule has 0 N–H and O–H groups in total. The van der Waals surface area contributed by atoms with Gasteiger partial charge in [-0.1, -0.05) is 308 Å². The average molecular weight is 1150 g/mol. The number of ether oxygens (including phenoxy) is 3. The molecule has 1 atom stereocenters. The predicted octanol–water partition coefficient (Wildman–Crippen LogP) is 23.9. The lowest BCUT2D eigenvalue weighted by atomic mass is 10.0. The van der Waals surface area contributed by atoms with Crippen molar-refractivity contribution in [1.82, 2.24) is 0 Å². The minimum atomic E-state index is -0.812. The van der Waals surface area contributed by atoms with Crippen molar-refractivity contribution >= 4 is 17.9 Å². The summed E-state index contributed by atoms with van der Waals surface area (Å²) < 4.78 is 16.9. The third-order valence-corrected chi connectivity index (χ3v) is 14.3. The van der Waals surface area contributed by atoms with Gasteiger partial charge in [-0.25, -0.2) is 0 Å². The molecule has 6 nitrogen and oxygen atoms in total. The van der Waals surface area contributed by atoms with Crippen LogP contribution in [0.25, 0.3) is 0 Å². The summed E-state index contributed by atoms with van der Waals surface area (Å²) in [5, 5.41) is 0. The molecule has 0 radical (unpaired) electrons. The molecule has 83 heavy (non-hydrogen) atoms. The van der Waals surface area contributed by atoms with Gasteiger partial charge in [-0.05, 0) is 122 Å². The van der Waals surface area contributed by atoms with Crippen molar-refractivity contribution in [1.29, 1.82) is 0 Å². The molecule has 0 aliphatic heterocycles. The predicted molar refractivity (Wildman–Crippen MR) is 362 cm³/mol. The van der Waals surface area contributed by atoms with Gasteiger partial charge in [0.25, 0.3) is 0 Å². The van der Waals surface area contributed by atoms with Crippen LogP contribution >= 0.6 is 0 Å². The van der Waals surface area contributed by atoms with Crippen LogP contribution in [0.5, 0.6) is 0 Å². The van der Waals surface area contributed by atoms with Crippen molar-refractivity contribution in [3.8, 4) is 0 Å². The second-order valence-electron chi connectivity index (χ2n) is 22.4. The Hall–Kier alpha value is -4.71. The van der Waals surface area contributed by atoms with Crippen LogP contribution in [0.2, 0.25) is 0 Å². The minimum Gasteiger partial charge on any atom is -0.462 e. The van der Waals surface area contributed by atoms with E-state index in [1.807, 2.05) is 0 Å². The zero-order valence-corrected chi connectivity index (χ0v) is 53.9. The van der Waals surface area contributed by atoms with Crippen LogP contribution in [-0.2, 0) is 28.6 Å². The van der Waals surface area contributed by atoms with Gasteiger partial charge in [0.05, 0.1) is 0 Å². The van der Waals surface area contributed by atoms with Crippen LogP contribution in [-0.4, -0.2) is 37.2 Å². The summed E-state index contributed by atoms with van der Waals surface area (Å²) in [6.07, 6.45) is 100. The molecule has 0 aromatic heterocycles. The monoisotopic (exact) mass is 1150 g/mol. The normalized spacial score (nSPS) is 13.0. The fraction of sp³-hybridized carbons (Fsp3) is 0.649. The summed E-state index contributed by atoms with van der Waals surface area (Å²) in [7, 11) is 0. The molecule has 470 valence electrons. The first-order chi connectivity index (χ1) is 41.0. The number of unbranched alkanes of at least 4 members (excludes halogenated alkanes) is 26. The molecular weight excluding hydrogens is 1020 g/mol. The zero-order valence-electron chi connectivity index (χ0n) is 53.9. The smallest absolute Gasteiger partial charge is 0.306 e. The molecular formula is C77H126O6. The highest BCUT2D eigenvalue weighted by Gasteiger charge is 2.19. The van der Waals surface area contributed by atoms with Gasteiger partial charge < -0.3 is 14.2 Å². The van der Waals surface area contributed by atoms with Crippen LogP contribution < -0.4 is 0 Å². The van der Waals surface area contributed by atoms with Gasteiger partial charge in [0.1, 0.15) is 13.2 Å². The van der Waals surface area contributed by atoms with E-state index in [-0.39, 0.29) is 37.5 Å². The third-order valence-electron chi connectivity index (χ3n) is 14.3. The third kappa shape index (κ3) is 68.0. The Morgan fingerprint density at radius 3 is 0.783 bits per heavy atom. The molecule has 0 rings (SSSR count). The first kappa shape index (κ1) is 78.3. The van der Waals surface area contributed by atoms with E-state index in [4.69, 9.17) is 14.2 Å². The fourth-order valence-electron chi connectivity index (χ4n) is 9.22. The summed E-state index contributed by atoms with van der Waals surface area (Å²) in [4.78, 5) is 38.4. The topological polar surface area (TPSA) is 78.9 Å². The van der Waals surface area contributed by atoms with E-state index < -0.39 is 6.10 Å². The lowest BCUT2D eigenvalue weighted by Gasteiger charge is -2.18. The van der Waals surface area contributed by atoms with Gasteiger partial charge in [-0.3, -0.25) is 14.4 Å². The summed E-state index contributed by atoms with van der Waals surface area (Å²) in [5.41, 5.74) is 0. The highest BCUT2D eigenvalue weighted by Crippen LogP contribution is 2.16. The maximum Gasteiger partial charge on any atom is 0.306 e. The van der Waals surface area contributed by atoms with Gasteiger partial charge in [0.2, 0.25) is 0 Å². The van der Waals surface area contributed by atoms with Gasteiger partial charge in [0.15, 0.2) is 6.10 Å². The molecule has 0 heterocycles. The Morgan fingerprint density at radius 1 is 0.253 bits per heavy atom. The van der Waals surface area contributed by atoms with Crippen molar-refractivity contribution < 1.29 is 28.6 Å². The van der Waals surface area contributed by atoms with Crippen LogP contribution in [0.1, 0.15) is 303 Å². The van der Waals surface area contributed by atoms with Crippen molar-refractivity contribution in [2.75, 3.05) is 13.2 Å². The van der Waals surface area contributed by atoms with Crippen molar-refractivity contribution in [2.24, 2.45) is 0 Å². The fourth-order valence-corrected chi connectivity index (χ4v) is 9.22. The first-order valence-corrected chi connectivity index (χ1v) is 34.3. The Bertz CT molecular complexity index is 1800. The number of hydrogen-bond acceptors (Lipinski definition) is 6. The van der Waals surface area contributed by atoms with Crippen LogP contribution in [0.3, 0.4) is 0 Å². The Kier molecular flexibility index (Phi) is 65.8. The number of carbonyl (C=O) groups excluding carboxylic acids is 3. The SMILES string of the molecule is CC/C=C\C/C=C\C/C=C\C/C=C\C/C=C\C/C=C\C/C=C\C/C=C\C/C=C\CCCC(=O)OCC(COC(=O)CCCCCCCCCCCCCCC)OC(=O)CCCCCCCCCC/C=C\C/C=C\C/C=C\CCCCCCC. The second-order valence-corrected chi connectivity index (χ2v) is 22.4. The van der Waals surface area contributed by atoms with Crippen molar-refractivity contribution in [3.05, 3.63) is 146 Å². The van der Waals surface area contributed by atoms with Gasteiger partial charge >= 0.3 is 17.9 Å². The molecule has 0 saturated heterocycles. The van der Waals surface area contributed by atoms with Crippen molar-refractivity contribution in [3.63, 3.8) is 0 Å². The van der Waals surface area contributed by atoms with Crippen LogP contribution in [0, 0.1) is 0 Å². The molecule has 6 heteroatoms. The zero-order chi connectivity index (χ0) is 59.9. The second kappa shape index (κ2) is 69.8. The minimum absolute atomic E-state index is 0.101. The summed E-state index contributed by atoms with van der Waals surface area (Å²) >= 11 is 0. The summed E-state index contributed by atoms with van der Waals surface area (Å²) in [6.45, 7) is 6.48. The van der Waals surface area contributed by atoms with Gasteiger partial charge in [-0.2, -0.15) is 0 Å². The van der Waals surface area contributed by atoms with E-state index >= 15 is 0 Å². The largest absolute Gasteiger partial charge is 0.462 e.